The molecule has 0 bridgehead atoms. The van der Waals surface area contributed by atoms with E-state index in [1.807, 2.05) is 5.32 Å². The minimum Gasteiger partial charge on any atom is -0.494 e. The van der Waals surface area contributed by atoms with Gasteiger partial charge in [0.25, 0.3) is 5.91 Å². The Balaban J connectivity index is 2.05. The summed E-state index contributed by atoms with van der Waals surface area (Å²) in [5.41, 5.74) is 0.537. The number of carbonyl (C=O) groups excluding carboxylic acids is 1. The first-order chi connectivity index (χ1) is 13.1. The lowest BCUT2D eigenvalue weighted by molar-refractivity contribution is -0.149. The van der Waals surface area contributed by atoms with Crippen LogP contribution in [0.4, 0.5) is 17.6 Å². The third-order valence-corrected chi connectivity index (χ3v) is 4.18. The first-order valence-electron chi connectivity index (χ1n) is 8.19. The van der Waals surface area contributed by atoms with Gasteiger partial charge in [-0.05, 0) is 38.1 Å². The number of halogens is 4. The second-order valence-electron chi connectivity index (χ2n) is 6.10. The number of aromatic nitrogens is 3. The number of methoxy groups -OCH3 is 1. The minimum absolute atomic E-state index is 0.00835. The third kappa shape index (κ3) is 3.62. The van der Waals surface area contributed by atoms with Crippen molar-refractivity contribution in [3.63, 3.8) is 0 Å². The number of amides is 1. The molecule has 0 aliphatic rings. The Hall–Kier alpha value is -3.17. The zero-order chi connectivity index (χ0) is 20.6. The van der Waals surface area contributed by atoms with E-state index in [4.69, 9.17) is 4.74 Å². The summed E-state index contributed by atoms with van der Waals surface area (Å²) < 4.78 is 58.3. The van der Waals surface area contributed by atoms with E-state index in [1.165, 1.54) is 42.0 Å². The van der Waals surface area contributed by atoms with Gasteiger partial charge in [-0.15, -0.1) is 0 Å². The second-order valence-corrected chi connectivity index (χ2v) is 6.10. The maximum absolute atomic E-state index is 13.6. The lowest BCUT2D eigenvalue weighted by Gasteiger charge is -2.16. The zero-order valence-electron chi connectivity index (χ0n) is 15.1. The quantitative estimate of drug-likeness (QED) is 0.685. The number of nitrogens with one attached hydrogen (secondary N) is 1. The van der Waals surface area contributed by atoms with Crippen molar-refractivity contribution in [3.8, 4) is 17.1 Å². The van der Waals surface area contributed by atoms with Crippen molar-refractivity contribution in [2.75, 3.05) is 7.11 Å². The fourth-order valence-electron chi connectivity index (χ4n) is 2.59. The second kappa shape index (κ2) is 7.10. The zero-order valence-corrected chi connectivity index (χ0v) is 15.1. The van der Waals surface area contributed by atoms with Crippen molar-refractivity contribution in [3.05, 3.63) is 47.7 Å². The molecular weight excluding hydrogens is 380 g/mol. The van der Waals surface area contributed by atoms with Gasteiger partial charge in [0, 0.05) is 11.8 Å². The fourth-order valence-corrected chi connectivity index (χ4v) is 2.59. The number of hydrogen-bond acceptors (Lipinski definition) is 4. The molecule has 28 heavy (non-hydrogen) atoms. The minimum atomic E-state index is -4.56. The summed E-state index contributed by atoms with van der Waals surface area (Å²) in [5, 5.41) is 1.91. The van der Waals surface area contributed by atoms with Crippen molar-refractivity contribution < 1.29 is 27.1 Å². The van der Waals surface area contributed by atoms with Crippen molar-refractivity contribution in [2.45, 2.75) is 26.1 Å². The van der Waals surface area contributed by atoms with Crippen LogP contribution in [0.2, 0.25) is 0 Å². The molecule has 1 atom stereocenters. The average molecular weight is 396 g/mol. The van der Waals surface area contributed by atoms with Crippen LogP contribution in [-0.2, 0) is 0 Å². The van der Waals surface area contributed by atoms with Gasteiger partial charge in [-0.1, -0.05) is 0 Å². The molecule has 0 aliphatic heterocycles. The molecule has 0 radical (unpaired) electrons. The summed E-state index contributed by atoms with van der Waals surface area (Å²) >= 11 is 0. The first-order valence-corrected chi connectivity index (χ1v) is 8.19. The average Bonchev–Trinajstić information content (AvgIpc) is 3.06. The van der Waals surface area contributed by atoms with Gasteiger partial charge in [-0.2, -0.15) is 13.2 Å². The molecule has 0 aliphatic carbocycles. The van der Waals surface area contributed by atoms with Crippen LogP contribution in [0.1, 0.15) is 23.1 Å². The first kappa shape index (κ1) is 19.6. The molecule has 0 spiro atoms. The van der Waals surface area contributed by atoms with Crippen LogP contribution in [0.3, 0.4) is 0 Å². The van der Waals surface area contributed by atoms with Crippen LogP contribution >= 0.6 is 0 Å². The molecule has 0 fully saturated rings. The molecule has 0 saturated heterocycles. The van der Waals surface area contributed by atoms with Crippen LogP contribution in [0.15, 0.2) is 30.5 Å². The Morgan fingerprint density at radius 1 is 1.25 bits per heavy atom. The molecule has 3 rings (SSSR count). The van der Waals surface area contributed by atoms with Crippen LogP contribution in [0.25, 0.3) is 17.0 Å². The molecule has 1 amide bonds. The Kier molecular flexibility index (Phi) is 4.97. The van der Waals surface area contributed by atoms with Gasteiger partial charge < -0.3 is 10.1 Å². The molecule has 1 aromatic carbocycles. The summed E-state index contributed by atoms with van der Waals surface area (Å²) in [7, 11) is 1.31. The van der Waals surface area contributed by atoms with Gasteiger partial charge in [0.1, 0.15) is 11.9 Å². The Morgan fingerprint density at radius 2 is 1.96 bits per heavy atom. The van der Waals surface area contributed by atoms with E-state index in [9.17, 15) is 22.4 Å². The normalized spacial score (nSPS) is 12.8. The number of carbonyl (C=O) groups is 1. The predicted octanol–water partition coefficient (Wildman–Crippen LogP) is 3.53. The van der Waals surface area contributed by atoms with E-state index in [-0.39, 0.29) is 22.8 Å². The van der Waals surface area contributed by atoms with Gasteiger partial charge >= 0.3 is 6.18 Å². The highest BCUT2D eigenvalue weighted by atomic mass is 19.4. The van der Waals surface area contributed by atoms with Gasteiger partial charge in [-0.25, -0.2) is 14.4 Å². The van der Waals surface area contributed by atoms with Crippen molar-refractivity contribution in [1.82, 2.24) is 19.7 Å². The van der Waals surface area contributed by atoms with E-state index in [0.717, 1.165) is 6.92 Å². The summed E-state index contributed by atoms with van der Waals surface area (Å²) in [6, 6.07) is 3.38. The largest absolute Gasteiger partial charge is 0.494 e. The van der Waals surface area contributed by atoms with Crippen molar-refractivity contribution in [2.24, 2.45) is 0 Å². The smallest absolute Gasteiger partial charge is 0.408 e. The standard InChI is InChI=1S/C18H16F4N4O2/c1-9(18(20,21)22)23-17(27)12-6-7-26-10(2)24-15(25-16(12)26)11-4-5-13(19)14(8-11)28-3/h4-9H,1-3H3,(H,23,27). The van der Waals surface area contributed by atoms with E-state index < -0.39 is 23.9 Å². The van der Waals surface area contributed by atoms with Crippen molar-refractivity contribution in [1.29, 1.82) is 0 Å². The monoisotopic (exact) mass is 396 g/mol. The lowest BCUT2D eigenvalue weighted by atomic mass is 10.2. The molecule has 2 aromatic heterocycles. The molecule has 6 nitrogen and oxygen atoms in total. The number of benzene rings is 1. The third-order valence-electron chi connectivity index (χ3n) is 4.18. The van der Waals surface area contributed by atoms with Gasteiger partial charge in [0.05, 0.1) is 12.7 Å². The van der Waals surface area contributed by atoms with E-state index >= 15 is 0 Å². The highest BCUT2D eigenvalue weighted by Crippen LogP contribution is 2.26. The number of fused-ring (bicyclic) bond motifs is 1. The summed E-state index contributed by atoms with van der Waals surface area (Å²) in [6.45, 7) is 2.51. The summed E-state index contributed by atoms with van der Waals surface area (Å²) in [6.07, 6.45) is -3.07. The molecule has 0 saturated carbocycles. The van der Waals surface area contributed by atoms with Gasteiger partial charge in [-0.3, -0.25) is 9.20 Å². The molecular formula is C18H16F4N4O2. The van der Waals surface area contributed by atoms with E-state index in [1.54, 1.807) is 6.92 Å². The van der Waals surface area contributed by atoms with Crippen LogP contribution in [0, 0.1) is 12.7 Å². The van der Waals surface area contributed by atoms with Crippen molar-refractivity contribution >= 4 is 11.6 Å². The Bertz CT molecular complexity index is 1050. The highest BCUT2D eigenvalue weighted by molar-refractivity contribution is 6.00. The summed E-state index contributed by atoms with van der Waals surface area (Å²) in [5.74, 6) is -0.849. The maximum atomic E-state index is 13.6. The number of nitrogens with zero attached hydrogens (tertiary/aromatic N) is 3. The Morgan fingerprint density at radius 3 is 2.61 bits per heavy atom. The molecule has 1 unspecified atom stereocenters. The fraction of sp³-hybridized carbons (Fsp3) is 0.278. The molecule has 10 heteroatoms. The summed E-state index contributed by atoms with van der Waals surface area (Å²) in [4.78, 5) is 20.9. The SMILES string of the molecule is COc1cc(-c2nc(C)n3ccc(C(=O)NC(C)C(F)(F)F)c3n2)ccc1F. The van der Waals surface area contributed by atoms with Gasteiger partial charge in [0.15, 0.2) is 23.0 Å². The van der Waals surface area contributed by atoms with E-state index in [0.29, 0.717) is 11.4 Å². The van der Waals surface area contributed by atoms with Crippen LogP contribution in [0.5, 0.6) is 5.75 Å². The highest BCUT2D eigenvalue weighted by Gasteiger charge is 2.37. The number of hydrogen-bond donors (Lipinski definition) is 1. The lowest BCUT2D eigenvalue weighted by Crippen LogP contribution is -2.43. The topological polar surface area (TPSA) is 68.5 Å². The molecule has 1 N–H and O–H groups in total. The molecule has 148 valence electrons. The predicted molar refractivity (Wildman–Crippen MR) is 92.7 cm³/mol. The molecule has 2 heterocycles. The van der Waals surface area contributed by atoms with Crippen LogP contribution in [-0.4, -0.2) is 39.6 Å². The van der Waals surface area contributed by atoms with Crippen LogP contribution < -0.4 is 10.1 Å². The number of alkyl halides is 3. The Labute approximate surface area is 157 Å². The van der Waals surface area contributed by atoms with Gasteiger partial charge in [0.2, 0.25) is 0 Å². The van der Waals surface area contributed by atoms with E-state index in [2.05, 4.69) is 9.97 Å². The number of rotatable bonds is 4. The molecule has 3 aromatic rings. The number of ether oxygens (including phenoxy) is 1. The number of aryl methyl sites for hydroxylation is 1. The maximum Gasteiger partial charge on any atom is 0.408 e.